The van der Waals surface area contributed by atoms with Crippen LogP contribution in [0.1, 0.15) is 66.2 Å². The molecule has 0 amide bonds. The Morgan fingerprint density at radius 3 is 1.50 bits per heavy atom. The van der Waals surface area contributed by atoms with Crippen molar-refractivity contribution in [1.29, 1.82) is 0 Å². The topological polar surface area (TPSA) is 35.5 Å². The lowest BCUT2D eigenvalue weighted by molar-refractivity contribution is -0.0496. The van der Waals surface area contributed by atoms with Crippen LogP contribution in [0.25, 0.3) is 0 Å². The highest BCUT2D eigenvalue weighted by Gasteiger charge is 2.36. The standard InChI is InChI=1S/C21H34O3/c1-13(2)17-9-7-15(5)11-19(17)23-21(22)24-20-12-16(6)8-10-18(20)14(3)4/h15-20H,1,3,7-12H2,2,4-6H3/t15-,16-,17+,18+,19-,20-/m1/s1. The maximum absolute atomic E-state index is 12.4. The van der Waals surface area contributed by atoms with Crippen LogP contribution in [0.5, 0.6) is 0 Å². The molecule has 0 heterocycles. The van der Waals surface area contributed by atoms with E-state index in [1.807, 2.05) is 13.8 Å². The van der Waals surface area contributed by atoms with Gasteiger partial charge in [0.25, 0.3) is 0 Å². The van der Waals surface area contributed by atoms with Gasteiger partial charge in [-0.15, -0.1) is 0 Å². The average Bonchev–Trinajstić information content (AvgIpc) is 2.46. The van der Waals surface area contributed by atoms with E-state index in [2.05, 4.69) is 27.0 Å². The molecule has 0 N–H and O–H groups in total. The molecule has 3 nitrogen and oxygen atoms in total. The van der Waals surface area contributed by atoms with Crippen molar-refractivity contribution in [2.75, 3.05) is 0 Å². The maximum Gasteiger partial charge on any atom is 0.508 e. The van der Waals surface area contributed by atoms with Crippen molar-refractivity contribution in [2.45, 2.75) is 78.4 Å². The minimum Gasteiger partial charge on any atom is -0.430 e. The van der Waals surface area contributed by atoms with Gasteiger partial charge < -0.3 is 9.47 Å². The van der Waals surface area contributed by atoms with Crippen LogP contribution >= 0.6 is 0 Å². The molecule has 2 rings (SSSR count). The fourth-order valence-corrected chi connectivity index (χ4v) is 4.32. The minimum atomic E-state index is -0.509. The van der Waals surface area contributed by atoms with Crippen LogP contribution in [0.4, 0.5) is 4.79 Å². The summed E-state index contributed by atoms with van der Waals surface area (Å²) in [6, 6.07) is 0. The molecule has 2 saturated carbocycles. The number of hydrogen-bond donors (Lipinski definition) is 0. The van der Waals surface area contributed by atoms with Crippen molar-refractivity contribution in [3.8, 4) is 0 Å². The number of rotatable bonds is 4. The minimum absolute atomic E-state index is 0.0944. The highest BCUT2D eigenvalue weighted by molar-refractivity contribution is 5.60. The van der Waals surface area contributed by atoms with Crippen LogP contribution in [0.15, 0.2) is 24.3 Å². The lowest BCUT2D eigenvalue weighted by Gasteiger charge is -2.37. The molecule has 0 bridgehead atoms. The molecule has 0 aromatic rings. The number of carbonyl (C=O) groups is 1. The molecule has 0 spiro atoms. The summed E-state index contributed by atoms with van der Waals surface area (Å²) in [5.41, 5.74) is 2.21. The molecule has 0 unspecified atom stereocenters. The Labute approximate surface area is 147 Å². The fourth-order valence-electron chi connectivity index (χ4n) is 4.32. The van der Waals surface area contributed by atoms with E-state index < -0.39 is 6.16 Å². The summed E-state index contributed by atoms with van der Waals surface area (Å²) in [7, 11) is 0. The van der Waals surface area contributed by atoms with Crippen LogP contribution in [0.3, 0.4) is 0 Å². The van der Waals surface area contributed by atoms with E-state index in [0.717, 1.165) is 36.8 Å². The molecular formula is C21H34O3. The Balaban J connectivity index is 1.97. The highest BCUT2D eigenvalue weighted by atomic mass is 16.7. The summed E-state index contributed by atoms with van der Waals surface area (Å²) in [6.07, 6.45) is 5.54. The van der Waals surface area contributed by atoms with Crippen molar-refractivity contribution in [3.05, 3.63) is 24.3 Å². The first kappa shape index (κ1) is 19.1. The smallest absolute Gasteiger partial charge is 0.430 e. The lowest BCUT2D eigenvalue weighted by Crippen LogP contribution is -2.37. The first-order chi connectivity index (χ1) is 11.3. The lowest BCUT2D eigenvalue weighted by atomic mass is 9.77. The zero-order valence-corrected chi connectivity index (χ0v) is 15.8. The van der Waals surface area contributed by atoms with E-state index in [9.17, 15) is 4.79 Å². The van der Waals surface area contributed by atoms with Gasteiger partial charge in [-0.3, -0.25) is 0 Å². The molecule has 0 saturated heterocycles. The molecule has 24 heavy (non-hydrogen) atoms. The van der Waals surface area contributed by atoms with Crippen LogP contribution in [-0.4, -0.2) is 18.4 Å². The molecule has 3 heteroatoms. The van der Waals surface area contributed by atoms with Gasteiger partial charge in [-0.25, -0.2) is 4.79 Å². The predicted molar refractivity (Wildman–Crippen MR) is 97.8 cm³/mol. The number of ether oxygens (including phenoxy) is 2. The number of hydrogen-bond acceptors (Lipinski definition) is 3. The van der Waals surface area contributed by atoms with Crippen LogP contribution in [-0.2, 0) is 9.47 Å². The fraction of sp³-hybridized carbons (Fsp3) is 0.762. The Morgan fingerprint density at radius 2 is 1.17 bits per heavy atom. The molecule has 0 aliphatic heterocycles. The molecule has 0 aromatic carbocycles. The van der Waals surface area contributed by atoms with E-state index >= 15 is 0 Å². The molecule has 136 valence electrons. The third-order valence-electron chi connectivity index (χ3n) is 5.87. The third-order valence-corrected chi connectivity index (χ3v) is 5.87. The third kappa shape index (κ3) is 4.87. The summed E-state index contributed by atoms with van der Waals surface area (Å²) in [5, 5.41) is 0. The van der Waals surface area contributed by atoms with Gasteiger partial charge in [0.1, 0.15) is 12.2 Å². The summed E-state index contributed by atoms with van der Waals surface area (Å²) in [5.74, 6) is 1.68. The summed E-state index contributed by atoms with van der Waals surface area (Å²) in [4.78, 5) is 12.4. The van der Waals surface area contributed by atoms with Crippen LogP contribution < -0.4 is 0 Å². The molecule has 2 aliphatic carbocycles. The Morgan fingerprint density at radius 1 is 0.792 bits per heavy atom. The first-order valence-corrected chi connectivity index (χ1v) is 9.46. The molecule has 2 aliphatic rings. The zero-order chi connectivity index (χ0) is 17.9. The molecule has 0 radical (unpaired) electrons. The molecule has 0 aromatic heterocycles. The van der Waals surface area contributed by atoms with Gasteiger partial charge in [0.2, 0.25) is 0 Å². The van der Waals surface area contributed by atoms with Gasteiger partial charge in [-0.05, 0) is 64.2 Å². The van der Waals surface area contributed by atoms with Crippen LogP contribution in [0, 0.1) is 23.7 Å². The van der Waals surface area contributed by atoms with E-state index in [1.54, 1.807) is 0 Å². The van der Waals surface area contributed by atoms with Gasteiger partial charge in [0.05, 0.1) is 0 Å². The monoisotopic (exact) mass is 334 g/mol. The van der Waals surface area contributed by atoms with Gasteiger partial charge in [0.15, 0.2) is 0 Å². The SMILES string of the molecule is C=C(C)[C@@H]1CC[C@@H](C)C[C@H]1OC(=O)O[C@@H]1C[C@H](C)CC[C@H]1C(=C)C. The van der Waals surface area contributed by atoms with E-state index in [4.69, 9.17) is 9.47 Å². The van der Waals surface area contributed by atoms with E-state index in [1.165, 1.54) is 12.8 Å². The summed E-state index contributed by atoms with van der Waals surface area (Å²) >= 11 is 0. The first-order valence-electron chi connectivity index (χ1n) is 9.46. The zero-order valence-electron chi connectivity index (χ0n) is 15.8. The van der Waals surface area contributed by atoms with Crippen molar-refractivity contribution in [2.24, 2.45) is 23.7 Å². The number of carbonyl (C=O) groups excluding carboxylic acids is 1. The van der Waals surface area contributed by atoms with Gasteiger partial charge in [-0.1, -0.05) is 38.2 Å². The highest BCUT2D eigenvalue weighted by Crippen LogP contribution is 2.37. The molecule has 6 atom stereocenters. The second-order valence-electron chi connectivity index (χ2n) is 8.30. The maximum atomic E-state index is 12.4. The van der Waals surface area contributed by atoms with Crippen LogP contribution in [0.2, 0.25) is 0 Å². The second-order valence-corrected chi connectivity index (χ2v) is 8.30. The van der Waals surface area contributed by atoms with Gasteiger partial charge in [-0.2, -0.15) is 0 Å². The normalized spacial score (nSPS) is 36.7. The van der Waals surface area contributed by atoms with E-state index in [0.29, 0.717) is 11.8 Å². The van der Waals surface area contributed by atoms with Crippen molar-refractivity contribution in [1.82, 2.24) is 0 Å². The largest absolute Gasteiger partial charge is 0.508 e. The quantitative estimate of drug-likeness (QED) is 0.474. The summed E-state index contributed by atoms with van der Waals surface area (Å²) in [6.45, 7) is 16.7. The van der Waals surface area contributed by atoms with Crippen molar-refractivity contribution >= 4 is 6.16 Å². The predicted octanol–water partition coefficient (Wildman–Crippen LogP) is 5.90. The molecule has 2 fully saturated rings. The second kappa shape index (κ2) is 8.22. The van der Waals surface area contributed by atoms with Gasteiger partial charge >= 0.3 is 6.16 Å². The Kier molecular flexibility index (Phi) is 6.54. The molecular weight excluding hydrogens is 300 g/mol. The Bertz CT molecular complexity index is 439. The van der Waals surface area contributed by atoms with Gasteiger partial charge in [0, 0.05) is 11.8 Å². The average molecular weight is 335 g/mol. The summed E-state index contributed by atoms with van der Waals surface area (Å²) < 4.78 is 11.5. The Hall–Kier alpha value is -1.25. The van der Waals surface area contributed by atoms with Crippen molar-refractivity contribution in [3.63, 3.8) is 0 Å². The van der Waals surface area contributed by atoms with E-state index in [-0.39, 0.29) is 24.0 Å². The van der Waals surface area contributed by atoms with Crippen molar-refractivity contribution < 1.29 is 14.3 Å².